The zero-order valence-electron chi connectivity index (χ0n) is 34.4. The summed E-state index contributed by atoms with van der Waals surface area (Å²) in [5.41, 5.74) is -3.08. The Morgan fingerprint density at radius 2 is 1.84 bits per heavy atom. The number of allylic oxidation sites excluding steroid dienone is 1. The Balaban J connectivity index is 1.07. The number of nitrogens with zero attached hydrogens (tertiary/aromatic N) is 2. The summed E-state index contributed by atoms with van der Waals surface area (Å²) in [6.45, 7) is 2.94. The second kappa shape index (κ2) is 14.6. The number of pyridine rings is 1. The highest BCUT2D eigenvalue weighted by molar-refractivity contribution is 7.91. The zero-order chi connectivity index (χ0) is 43.3. The van der Waals surface area contributed by atoms with Crippen molar-refractivity contribution in [2.24, 2.45) is 5.92 Å². The fraction of sp³-hybridized carbons (Fsp3) is 0.667. The van der Waals surface area contributed by atoms with Gasteiger partial charge in [-0.05, 0) is 97.1 Å². The van der Waals surface area contributed by atoms with Crippen LogP contribution in [0.15, 0.2) is 24.3 Å². The molecule has 6 atom stereocenters. The molecule has 4 aliphatic heterocycles. The van der Waals surface area contributed by atoms with Gasteiger partial charge in [-0.3, -0.25) is 9.59 Å². The quantitative estimate of drug-likeness (QED) is 0.213. The predicted octanol–water partition coefficient (Wildman–Crippen LogP) is 5.13. The van der Waals surface area contributed by atoms with Gasteiger partial charge in [0.2, 0.25) is 34.2 Å². The first kappa shape index (κ1) is 42.0. The van der Waals surface area contributed by atoms with Gasteiger partial charge in [-0.1, -0.05) is 25.0 Å². The lowest BCUT2D eigenvalue weighted by Gasteiger charge is -2.37. The van der Waals surface area contributed by atoms with Gasteiger partial charge in [0.15, 0.2) is 11.5 Å². The van der Waals surface area contributed by atoms with Gasteiger partial charge in [-0.15, -0.1) is 0 Å². The van der Waals surface area contributed by atoms with Crippen molar-refractivity contribution in [1.82, 2.24) is 25.2 Å². The molecule has 0 bridgehead atoms. The highest BCUT2D eigenvalue weighted by atomic mass is 32.2. The van der Waals surface area contributed by atoms with E-state index in [4.69, 9.17) is 23.9 Å². The molecule has 9 rings (SSSR count). The van der Waals surface area contributed by atoms with Crippen LogP contribution in [0.25, 0.3) is 10.9 Å². The fourth-order valence-corrected chi connectivity index (χ4v) is 10.7. The molecule has 0 radical (unpaired) electrons. The summed E-state index contributed by atoms with van der Waals surface area (Å²) in [6, 6.07) is 1.09. The minimum Gasteiger partial charge on any atom is -0.483 e. The lowest BCUT2D eigenvalue weighted by atomic mass is 9.86. The number of carbonyl (C=O) groups excluding carboxylic acids is 3. The van der Waals surface area contributed by atoms with E-state index >= 15 is 0 Å². The first-order valence-corrected chi connectivity index (χ1v) is 22.7. The lowest BCUT2D eigenvalue weighted by molar-refractivity contribution is -0.244. The molecule has 4 fully saturated rings. The van der Waals surface area contributed by atoms with Crippen LogP contribution in [0.1, 0.15) is 115 Å². The molecule has 7 aliphatic rings. The highest BCUT2D eigenvalue weighted by Gasteiger charge is 2.63. The van der Waals surface area contributed by atoms with E-state index < -0.39 is 79.8 Å². The SMILES string of the molecule is CC(C)(OC(=O)N[C@H]1CCCCC/C=C\C2C[C@@]2(C(O)NS(=O)(=O)C2(C)CC2)NC(=O)[C@@H]2C[C@]3(CCc4c(c(C5CC5)nc5ccc6c(c45)OCO6)O3)CN2C1=O)C(F)(F)F. The number of rotatable bonds is 7. The maximum absolute atomic E-state index is 14.9. The number of aromatic nitrogens is 1. The Hall–Kier alpha value is -4.36. The third-order valence-corrected chi connectivity index (χ3v) is 16.0. The average Bonchev–Trinajstić information content (AvgIpc) is 4.15. The molecule has 3 amide bonds. The molecule has 5 heterocycles. The van der Waals surface area contributed by atoms with E-state index in [9.17, 15) is 41.1 Å². The molecule has 4 N–H and O–H groups in total. The molecule has 2 unspecified atom stereocenters. The van der Waals surface area contributed by atoms with Crippen LogP contribution in [0.2, 0.25) is 0 Å². The maximum atomic E-state index is 14.9. The number of ether oxygens (including phenoxy) is 4. The summed E-state index contributed by atoms with van der Waals surface area (Å²) in [4.78, 5) is 49.2. The first-order chi connectivity index (χ1) is 28.8. The molecule has 61 heavy (non-hydrogen) atoms. The molecule has 1 aromatic carbocycles. The molecule has 3 saturated carbocycles. The fourth-order valence-electron chi connectivity index (χ4n) is 9.26. The van der Waals surface area contributed by atoms with Gasteiger partial charge in [-0.25, -0.2) is 18.2 Å². The largest absolute Gasteiger partial charge is 0.483 e. The summed E-state index contributed by atoms with van der Waals surface area (Å²) in [7, 11) is -3.98. The highest BCUT2D eigenvalue weighted by Crippen LogP contribution is 2.54. The first-order valence-electron chi connectivity index (χ1n) is 21.2. The number of sulfonamides is 1. The van der Waals surface area contributed by atoms with Gasteiger partial charge >= 0.3 is 12.3 Å². The monoisotopic (exact) mass is 875 g/mol. The van der Waals surface area contributed by atoms with E-state index in [1.807, 2.05) is 24.3 Å². The molecular formula is C42H52F3N5O10S. The average molecular weight is 876 g/mol. The number of alkyl halides is 3. The number of benzene rings is 1. The third kappa shape index (κ3) is 7.55. The van der Waals surface area contributed by atoms with Crippen LogP contribution >= 0.6 is 0 Å². The van der Waals surface area contributed by atoms with Gasteiger partial charge in [0.05, 0.1) is 33.4 Å². The molecule has 332 valence electrons. The number of alkyl carbamates (subject to hydrolysis) is 1. The number of aliphatic hydroxyl groups excluding tert-OH is 1. The summed E-state index contributed by atoms with van der Waals surface area (Å²) >= 11 is 0. The third-order valence-electron chi connectivity index (χ3n) is 13.8. The maximum Gasteiger partial charge on any atom is 0.427 e. The minimum atomic E-state index is -4.90. The van der Waals surface area contributed by atoms with Crippen molar-refractivity contribution in [3.8, 4) is 17.2 Å². The number of amides is 3. The minimum absolute atomic E-state index is 0.0204. The van der Waals surface area contributed by atoms with Crippen molar-refractivity contribution in [2.45, 2.75) is 156 Å². The van der Waals surface area contributed by atoms with Crippen LogP contribution in [-0.2, 0) is 30.8 Å². The summed E-state index contributed by atoms with van der Waals surface area (Å²) < 4.78 is 92.8. The molecule has 19 heteroatoms. The molecule has 1 saturated heterocycles. The standard InChI is InChI=1S/C42H52F3N5O10S/c1-38(2,42(43,44)45)60-37(54)47-27-10-8-6-4-5-7-9-24-19-41(24,36(53)49-61(55,56)39(3)17-18-39)48-34(51)28-20-40(21-50(28)35(27)52)16-15-25-30-26(13-14-29-33(30)58-22-57-29)46-31(23-11-12-23)32(25)59-40/h7,9,13-14,23-24,27-28,36,49,53H,4-6,8,10-12,15-22H2,1-3H3,(H,47,54)(H,48,51)/b9-7-/t24?,27-,28-,36?,40+,41+/m0/s1. The second-order valence-electron chi connectivity index (χ2n) is 18.7. The smallest absolute Gasteiger partial charge is 0.427 e. The molecule has 1 spiro atoms. The molecular weight excluding hydrogens is 824 g/mol. The van der Waals surface area contributed by atoms with Gasteiger partial charge < -0.3 is 39.6 Å². The number of hydrogen-bond donors (Lipinski definition) is 4. The number of carbonyl (C=O) groups is 3. The van der Waals surface area contributed by atoms with Crippen molar-refractivity contribution in [3.05, 3.63) is 35.5 Å². The number of hydrogen-bond acceptors (Lipinski definition) is 11. The number of aliphatic hydroxyl groups is 1. The topological polar surface area (TPSA) is 195 Å². The Morgan fingerprint density at radius 1 is 1.07 bits per heavy atom. The Kier molecular flexibility index (Phi) is 10.0. The van der Waals surface area contributed by atoms with Crippen LogP contribution in [-0.4, -0.2) is 101 Å². The summed E-state index contributed by atoms with van der Waals surface area (Å²) in [5, 5.41) is 17.8. The summed E-state index contributed by atoms with van der Waals surface area (Å²) in [6.07, 6.45) is 1.72. The molecule has 1 aromatic heterocycles. The van der Waals surface area contributed by atoms with E-state index in [-0.39, 0.29) is 38.5 Å². The number of halogens is 3. The number of nitrogens with one attached hydrogen (secondary N) is 3. The Morgan fingerprint density at radius 3 is 2.56 bits per heavy atom. The zero-order valence-corrected chi connectivity index (χ0v) is 35.2. The van der Waals surface area contributed by atoms with Crippen LogP contribution in [0.5, 0.6) is 17.2 Å². The molecule has 15 nitrogen and oxygen atoms in total. The van der Waals surface area contributed by atoms with Gasteiger partial charge in [-0.2, -0.15) is 17.9 Å². The van der Waals surface area contributed by atoms with E-state index in [1.165, 1.54) is 4.90 Å². The van der Waals surface area contributed by atoms with Gasteiger partial charge in [0.25, 0.3) is 0 Å². The predicted molar refractivity (Wildman–Crippen MR) is 212 cm³/mol. The summed E-state index contributed by atoms with van der Waals surface area (Å²) in [5.74, 6) is 0.0110. The van der Waals surface area contributed by atoms with Crippen LogP contribution in [0.4, 0.5) is 18.0 Å². The molecule has 2 aromatic rings. The molecule has 3 aliphatic carbocycles. The van der Waals surface area contributed by atoms with E-state index in [1.54, 1.807) is 6.92 Å². The van der Waals surface area contributed by atoms with Crippen molar-refractivity contribution in [3.63, 3.8) is 0 Å². The van der Waals surface area contributed by atoms with Crippen molar-refractivity contribution in [2.75, 3.05) is 13.3 Å². The van der Waals surface area contributed by atoms with Gasteiger partial charge in [0.1, 0.15) is 29.7 Å². The van der Waals surface area contributed by atoms with Crippen LogP contribution in [0.3, 0.4) is 0 Å². The van der Waals surface area contributed by atoms with E-state index in [2.05, 4.69) is 15.4 Å². The number of aryl methyl sites for hydroxylation is 1. The van der Waals surface area contributed by atoms with E-state index in [0.29, 0.717) is 82.5 Å². The van der Waals surface area contributed by atoms with Crippen molar-refractivity contribution < 1.29 is 60.0 Å². The number of fused-ring (bicyclic) bond motifs is 7. The van der Waals surface area contributed by atoms with Crippen LogP contribution < -0.4 is 29.6 Å². The van der Waals surface area contributed by atoms with E-state index in [0.717, 1.165) is 35.0 Å². The van der Waals surface area contributed by atoms with Crippen molar-refractivity contribution in [1.29, 1.82) is 0 Å². The normalized spacial score (nSPS) is 30.8. The Bertz CT molecular complexity index is 2300. The van der Waals surface area contributed by atoms with Crippen molar-refractivity contribution >= 4 is 38.8 Å². The van der Waals surface area contributed by atoms with Gasteiger partial charge in [0, 0.05) is 23.8 Å². The van der Waals surface area contributed by atoms with Crippen LogP contribution in [0, 0.1) is 5.92 Å². The lowest BCUT2D eigenvalue weighted by Crippen LogP contribution is -2.60. The Labute approximate surface area is 351 Å². The second-order valence-corrected chi connectivity index (χ2v) is 20.9.